The van der Waals surface area contributed by atoms with E-state index in [4.69, 9.17) is 21.1 Å². The van der Waals surface area contributed by atoms with Crippen molar-refractivity contribution in [2.45, 2.75) is 19.4 Å². The minimum atomic E-state index is -0.999. The number of esters is 1. The number of halogens is 1. The van der Waals surface area contributed by atoms with E-state index in [1.54, 1.807) is 42.6 Å². The molecule has 1 unspecified atom stereocenters. The maximum atomic E-state index is 13.3. The van der Waals surface area contributed by atoms with Crippen LogP contribution >= 0.6 is 11.6 Å². The van der Waals surface area contributed by atoms with Crippen LogP contribution < -0.4 is 9.64 Å². The monoisotopic (exact) mass is 506 g/mol. The highest BCUT2D eigenvalue weighted by Crippen LogP contribution is 2.42. The number of aliphatic hydroxyl groups excluding tert-OH is 1. The summed E-state index contributed by atoms with van der Waals surface area (Å²) in [6, 6.07) is 13.2. The van der Waals surface area contributed by atoms with Crippen molar-refractivity contribution in [2.24, 2.45) is 0 Å². The number of pyridine rings is 1. The second-order valence-corrected chi connectivity index (χ2v) is 8.40. The topological polar surface area (TPSA) is 106 Å². The Hall–Kier alpha value is -4.17. The lowest BCUT2D eigenvalue weighted by Crippen LogP contribution is -2.29. The van der Waals surface area contributed by atoms with Crippen molar-refractivity contribution in [3.8, 4) is 5.75 Å². The van der Waals surface area contributed by atoms with Gasteiger partial charge in [-0.15, -0.1) is 0 Å². The van der Waals surface area contributed by atoms with Gasteiger partial charge in [0.15, 0.2) is 0 Å². The number of anilines is 1. The summed E-state index contributed by atoms with van der Waals surface area (Å²) in [6.07, 6.45) is 3.73. The second kappa shape index (κ2) is 10.6. The molecule has 1 aromatic heterocycles. The van der Waals surface area contributed by atoms with Crippen LogP contribution in [-0.2, 0) is 14.3 Å². The van der Waals surface area contributed by atoms with Crippen molar-refractivity contribution in [1.82, 2.24) is 4.98 Å². The van der Waals surface area contributed by atoms with Gasteiger partial charge in [-0.2, -0.15) is 0 Å². The normalized spacial score (nSPS) is 16.8. The Balaban J connectivity index is 1.86. The summed E-state index contributed by atoms with van der Waals surface area (Å²) < 4.78 is 10.4. The van der Waals surface area contributed by atoms with Crippen LogP contribution in [0.1, 0.15) is 40.9 Å². The predicted molar refractivity (Wildman–Crippen MR) is 134 cm³/mol. The van der Waals surface area contributed by atoms with E-state index < -0.39 is 29.5 Å². The SMILES string of the molecule is CCCOC(=O)c1cccc(N2C(=O)C(=O)/C(=C(/O)c3ccc(OC)c(Cl)c3)C2c2cccnc2)c1. The van der Waals surface area contributed by atoms with Gasteiger partial charge in [0.1, 0.15) is 11.5 Å². The van der Waals surface area contributed by atoms with Crippen molar-refractivity contribution in [2.75, 3.05) is 18.6 Å². The molecule has 1 aliphatic heterocycles. The number of hydrogen-bond donors (Lipinski definition) is 1. The smallest absolute Gasteiger partial charge is 0.338 e. The number of aromatic nitrogens is 1. The second-order valence-electron chi connectivity index (χ2n) is 7.99. The fraction of sp³-hybridized carbons (Fsp3) is 0.185. The van der Waals surface area contributed by atoms with Gasteiger partial charge in [-0.3, -0.25) is 19.5 Å². The highest BCUT2D eigenvalue weighted by Gasteiger charge is 2.47. The largest absolute Gasteiger partial charge is 0.507 e. The molecular weight excluding hydrogens is 484 g/mol. The van der Waals surface area contributed by atoms with Crippen LogP contribution in [-0.4, -0.2) is 41.5 Å². The Morgan fingerprint density at radius 3 is 2.58 bits per heavy atom. The summed E-state index contributed by atoms with van der Waals surface area (Å²) in [6.45, 7) is 2.14. The number of hydrogen-bond acceptors (Lipinski definition) is 7. The lowest BCUT2D eigenvalue weighted by atomic mass is 9.96. The summed E-state index contributed by atoms with van der Waals surface area (Å²) in [5.41, 5.74) is 1.13. The van der Waals surface area contributed by atoms with E-state index in [9.17, 15) is 19.5 Å². The molecule has 8 nitrogen and oxygen atoms in total. The van der Waals surface area contributed by atoms with E-state index in [2.05, 4.69) is 4.98 Å². The molecule has 0 radical (unpaired) electrons. The molecule has 1 N–H and O–H groups in total. The lowest BCUT2D eigenvalue weighted by molar-refractivity contribution is -0.132. The Kier molecular flexibility index (Phi) is 7.36. The molecule has 0 aliphatic carbocycles. The molecular formula is C27H23ClN2O6. The van der Waals surface area contributed by atoms with Crippen LogP contribution in [0.5, 0.6) is 5.75 Å². The molecule has 0 spiro atoms. The molecule has 1 amide bonds. The van der Waals surface area contributed by atoms with Crippen molar-refractivity contribution in [3.63, 3.8) is 0 Å². The van der Waals surface area contributed by atoms with Gasteiger partial charge in [0, 0.05) is 23.6 Å². The number of aliphatic hydroxyl groups is 1. The number of amides is 1. The molecule has 0 bridgehead atoms. The van der Waals surface area contributed by atoms with Crippen molar-refractivity contribution in [1.29, 1.82) is 0 Å². The average molecular weight is 507 g/mol. The highest BCUT2D eigenvalue weighted by atomic mass is 35.5. The molecule has 9 heteroatoms. The van der Waals surface area contributed by atoms with E-state index in [1.165, 1.54) is 36.4 Å². The molecule has 2 heterocycles. The van der Waals surface area contributed by atoms with E-state index in [-0.39, 0.29) is 28.3 Å². The zero-order valence-corrected chi connectivity index (χ0v) is 20.4. The standard InChI is InChI=1S/C27H23ClN2O6/c1-3-12-36-27(34)17-6-4-8-19(13-17)30-23(18-7-5-11-29-15-18)22(25(32)26(30)33)24(31)16-9-10-21(35-2)20(28)14-16/h4-11,13-15,23,31H,3,12H2,1-2H3/b24-22+. The van der Waals surface area contributed by atoms with Gasteiger partial charge in [-0.1, -0.05) is 30.7 Å². The third-order valence-electron chi connectivity index (χ3n) is 5.67. The average Bonchev–Trinajstić information content (AvgIpc) is 3.17. The molecule has 1 saturated heterocycles. The van der Waals surface area contributed by atoms with E-state index in [1.807, 2.05) is 6.92 Å². The molecule has 4 rings (SSSR count). The minimum absolute atomic E-state index is 0.131. The van der Waals surface area contributed by atoms with Crippen molar-refractivity contribution in [3.05, 3.63) is 94.3 Å². The summed E-state index contributed by atoms with van der Waals surface area (Å²) in [4.78, 5) is 44.4. The van der Waals surface area contributed by atoms with Gasteiger partial charge in [-0.05, 0) is 54.4 Å². The Morgan fingerprint density at radius 1 is 1.11 bits per heavy atom. The maximum Gasteiger partial charge on any atom is 0.338 e. The summed E-state index contributed by atoms with van der Waals surface area (Å²) >= 11 is 6.23. The van der Waals surface area contributed by atoms with Crippen LogP contribution in [0.4, 0.5) is 5.69 Å². The zero-order chi connectivity index (χ0) is 25.8. The summed E-state index contributed by atoms with van der Waals surface area (Å²) in [7, 11) is 1.46. The van der Waals surface area contributed by atoms with Crippen LogP contribution in [0, 0.1) is 0 Å². The molecule has 1 aliphatic rings. The first-order chi connectivity index (χ1) is 17.4. The van der Waals surface area contributed by atoms with Gasteiger partial charge in [0.05, 0.1) is 35.9 Å². The van der Waals surface area contributed by atoms with Crippen LogP contribution in [0.3, 0.4) is 0 Å². The molecule has 1 fully saturated rings. The quantitative estimate of drug-likeness (QED) is 0.209. The molecule has 36 heavy (non-hydrogen) atoms. The number of Topliss-reactive ketones (excluding diaryl/α,β-unsaturated/α-hetero) is 1. The van der Waals surface area contributed by atoms with Crippen LogP contribution in [0.25, 0.3) is 5.76 Å². The first-order valence-corrected chi connectivity index (χ1v) is 11.6. The minimum Gasteiger partial charge on any atom is -0.507 e. The Labute approximate surface area is 212 Å². The van der Waals surface area contributed by atoms with E-state index >= 15 is 0 Å². The predicted octanol–water partition coefficient (Wildman–Crippen LogP) is 4.94. The Bertz CT molecular complexity index is 1360. The first kappa shape index (κ1) is 24.9. The molecule has 184 valence electrons. The fourth-order valence-corrected chi connectivity index (χ4v) is 4.24. The van der Waals surface area contributed by atoms with Gasteiger partial charge in [-0.25, -0.2) is 4.79 Å². The number of ketones is 1. The van der Waals surface area contributed by atoms with Crippen LogP contribution in [0.2, 0.25) is 5.02 Å². The van der Waals surface area contributed by atoms with Gasteiger partial charge >= 0.3 is 5.97 Å². The third kappa shape index (κ3) is 4.67. The lowest BCUT2D eigenvalue weighted by Gasteiger charge is -2.25. The van der Waals surface area contributed by atoms with Crippen molar-refractivity contribution < 1.29 is 29.0 Å². The van der Waals surface area contributed by atoms with E-state index in [0.29, 0.717) is 23.4 Å². The Morgan fingerprint density at radius 2 is 1.92 bits per heavy atom. The molecule has 2 aromatic carbocycles. The van der Waals surface area contributed by atoms with Gasteiger partial charge in [0.25, 0.3) is 11.7 Å². The number of carbonyl (C=O) groups excluding carboxylic acids is 3. The molecule has 0 saturated carbocycles. The van der Waals surface area contributed by atoms with E-state index in [0.717, 1.165) is 0 Å². The molecule has 3 aromatic rings. The zero-order valence-electron chi connectivity index (χ0n) is 19.6. The summed E-state index contributed by atoms with van der Waals surface area (Å²) in [5, 5.41) is 11.4. The fourth-order valence-electron chi connectivity index (χ4n) is 3.98. The number of methoxy groups -OCH3 is 1. The number of benzene rings is 2. The third-order valence-corrected chi connectivity index (χ3v) is 5.96. The summed E-state index contributed by atoms with van der Waals surface area (Å²) in [5.74, 6) is -2.28. The van der Waals surface area contributed by atoms with Crippen LogP contribution in [0.15, 0.2) is 72.6 Å². The van der Waals surface area contributed by atoms with Gasteiger partial charge in [0.2, 0.25) is 0 Å². The number of ether oxygens (including phenoxy) is 2. The first-order valence-electron chi connectivity index (χ1n) is 11.2. The number of rotatable bonds is 7. The van der Waals surface area contributed by atoms with Crippen molar-refractivity contribution >= 4 is 40.7 Å². The molecule has 1 atom stereocenters. The number of nitrogens with zero attached hydrogens (tertiary/aromatic N) is 2. The maximum absolute atomic E-state index is 13.3. The van der Waals surface area contributed by atoms with Gasteiger partial charge < -0.3 is 14.6 Å². The number of carbonyl (C=O) groups is 3. The highest BCUT2D eigenvalue weighted by molar-refractivity contribution is 6.51.